The number of aromatic nitrogens is 5. The molecule has 0 aliphatic heterocycles. The van der Waals surface area contributed by atoms with E-state index in [1.165, 1.54) is 16.2 Å². The van der Waals surface area contributed by atoms with E-state index in [0.29, 0.717) is 0 Å². The van der Waals surface area contributed by atoms with Gasteiger partial charge in [0, 0.05) is 61.9 Å². The molecule has 5 heterocycles. The third-order valence-corrected chi connectivity index (χ3v) is 12.1. The van der Waals surface area contributed by atoms with E-state index in [1.807, 2.05) is 36.7 Å². The molecule has 12 aromatic rings. The molecule has 5 heteroatoms. The van der Waals surface area contributed by atoms with Crippen molar-refractivity contribution in [3.63, 3.8) is 0 Å². The van der Waals surface area contributed by atoms with E-state index in [9.17, 15) is 0 Å². The normalized spacial score (nSPS) is 11.5. The fraction of sp³-hybridized carbons (Fsp3) is 0. The molecule has 5 nitrogen and oxygen atoms in total. The van der Waals surface area contributed by atoms with Crippen molar-refractivity contribution >= 4 is 43.5 Å². The molecule has 5 aromatic heterocycles. The van der Waals surface area contributed by atoms with Gasteiger partial charge in [-0.05, 0) is 76.7 Å². The second kappa shape index (κ2) is 15.2. The maximum absolute atomic E-state index is 5.36. The number of rotatable bonds is 7. The van der Waals surface area contributed by atoms with Gasteiger partial charge in [-0.15, -0.1) is 0 Å². The van der Waals surface area contributed by atoms with Crippen molar-refractivity contribution in [2.75, 3.05) is 0 Å². The molecule has 294 valence electrons. The van der Waals surface area contributed by atoms with Crippen LogP contribution in [-0.2, 0) is 0 Å². The molecule has 0 N–H and O–H groups in total. The molecule has 7 aromatic carbocycles. The van der Waals surface area contributed by atoms with Crippen molar-refractivity contribution in [2.45, 2.75) is 0 Å². The maximum atomic E-state index is 5.36. The topological polar surface area (TPSA) is 56.5 Å². The molecule has 0 bridgehead atoms. The third kappa shape index (κ3) is 6.42. The highest BCUT2D eigenvalue weighted by Crippen LogP contribution is 2.42. The minimum absolute atomic E-state index is 0.807. The summed E-state index contributed by atoms with van der Waals surface area (Å²) in [6, 6.07) is 74.6. The molecule has 0 unspecified atom stereocenters. The minimum atomic E-state index is 0.807. The second-order valence-electron chi connectivity index (χ2n) is 15.8. The Kier molecular flexibility index (Phi) is 8.75. The van der Waals surface area contributed by atoms with Crippen LogP contribution in [0.4, 0.5) is 0 Å². The van der Waals surface area contributed by atoms with Crippen LogP contribution in [0.3, 0.4) is 0 Å². The van der Waals surface area contributed by atoms with Crippen LogP contribution in [0.25, 0.3) is 117 Å². The smallest absolute Gasteiger partial charge is 0.0899 e. The summed E-state index contributed by atoms with van der Waals surface area (Å²) in [6.07, 6.45) is 3.76. The van der Waals surface area contributed by atoms with Gasteiger partial charge in [0.1, 0.15) is 0 Å². The fourth-order valence-corrected chi connectivity index (χ4v) is 9.04. The van der Waals surface area contributed by atoms with Crippen LogP contribution in [-0.4, -0.2) is 24.5 Å². The van der Waals surface area contributed by atoms with Crippen molar-refractivity contribution in [3.8, 4) is 73.1 Å². The van der Waals surface area contributed by atoms with E-state index in [1.54, 1.807) is 0 Å². The van der Waals surface area contributed by atoms with Crippen molar-refractivity contribution in [1.82, 2.24) is 24.5 Å². The summed E-state index contributed by atoms with van der Waals surface area (Å²) < 4.78 is 2.42. The first-order chi connectivity index (χ1) is 31.2. The van der Waals surface area contributed by atoms with Gasteiger partial charge in [-0.25, -0.2) is 9.97 Å². The fourth-order valence-electron chi connectivity index (χ4n) is 9.04. The lowest BCUT2D eigenvalue weighted by Gasteiger charge is -2.15. The third-order valence-electron chi connectivity index (χ3n) is 12.1. The molecule has 0 saturated heterocycles. The summed E-state index contributed by atoms with van der Waals surface area (Å²) in [7, 11) is 0. The Balaban J connectivity index is 1.02. The summed E-state index contributed by atoms with van der Waals surface area (Å²) in [4.78, 5) is 20.1. The van der Waals surface area contributed by atoms with Gasteiger partial charge in [0.05, 0.1) is 45.0 Å². The van der Waals surface area contributed by atoms with Crippen molar-refractivity contribution in [1.29, 1.82) is 0 Å². The Bertz CT molecular complexity index is 3520. The van der Waals surface area contributed by atoms with Crippen LogP contribution in [0.2, 0.25) is 0 Å². The van der Waals surface area contributed by atoms with Crippen LogP contribution < -0.4 is 0 Å². The van der Waals surface area contributed by atoms with Gasteiger partial charge in [-0.1, -0.05) is 158 Å². The Morgan fingerprint density at radius 3 is 1.70 bits per heavy atom. The minimum Gasteiger partial charge on any atom is -0.309 e. The van der Waals surface area contributed by atoms with E-state index in [4.69, 9.17) is 15.0 Å². The zero-order valence-electron chi connectivity index (χ0n) is 34.1. The number of nitrogens with zero attached hydrogens (tertiary/aromatic N) is 5. The van der Waals surface area contributed by atoms with Gasteiger partial charge < -0.3 is 4.57 Å². The molecule has 0 saturated carbocycles. The van der Waals surface area contributed by atoms with Gasteiger partial charge >= 0.3 is 0 Å². The SMILES string of the molecule is c1ccc(-c2ccc(-c3cc(-c4ccc(-n5c6ccccc6c6ccc7c8ccccc8nc(-c8ccccc8)c7c65)cc4)cc(-c4ccc(-c5ccccn5)cc4)n3)nc2)cc1. The Morgan fingerprint density at radius 1 is 0.333 bits per heavy atom. The van der Waals surface area contributed by atoms with E-state index in [-0.39, 0.29) is 0 Å². The standard InChI is InChI=1S/C58H37N5/c1-3-13-38(14-4-1)43-28-33-52(60-37-43)54-36-44(35-53(61-54)41-24-22-40(23-25-41)50-19-11-12-34-59-50)39-26-29-45(30-27-39)63-55-21-10-8-18-47(55)49-32-31-48-46-17-7-9-20-51(46)62-57(56(48)58(49)63)42-15-5-2-6-16-42/h1-37H. The largest absolute Gasteiger partial charge is 0.309 e. The molecule has 0 aliphatic rings. The number of para-hydroxylation sites is 2. The number of hydrogen-bond acceptors (Lipinski definition) is 4. The van der Waals surface area contributed by atoms with Gasteiger partial charge in [-0.3, -0.25) is 9.97 Å². The highest BCUT2D eigenvalue weighted by molar-refractivity contribution is 6.25. The Morgan fingerprint density at radius 2 is 0.952 bits per heavy atom. The lowest BCUT2D eigenvalue weighted by atomic mass is 9.97. The van der Waals surface area contributed by atoms with E-state index >= 15 is 0 Å². The molecule has 0 radical (unpaired) electrons. The average molecular weight is 804 g/mol. The molecule has 0 aliphatic carbocycles. The zero-order valence-corrected chi connectivity index (χ0v) is 34.1. The van der Waals surface area contributed by atoms with Crippen LogP contribution >= 0.6 is 0 Å². The van der Waals surface area contributed by atoms with Gasteiger partial charge in [0.15, 0.2) is 0 Å². The molecule has 0 atom stereocenters. The van der Waals surface area contributed by atoms with E-state index in [0.717, 1.165) is 100 Å². The van der Waals surface area contributed by atoms with Crippen LogP contribution in [0.5, 0.6) is 0 Å². The van der Waals surface area contributed by atoms with Gasteiger partial charge in [0.25, 0.3) is 0 Å². The molecule has 63 heavy (non-hydrogen) atoms. The van der Waals surface area contributed by atoms with Crippen LogP contribution in [0, 0.1) is 0 Å². The summed E-state index contributed by atoms with van der Waals surface area (Å²) in [6.45, 7) is 0. The van der Waals surface area contributed by atoms with Gasteiger partial charge in [-0.2, -0.15) is 0 Å². The van der Waals surface area contributed by atoms with Crippen molar-refractivity contribution < 1.29 is 0 Å². The first-order valence-electron chi connectivity index (χ1n) is 21.2. The monoisotopic (exact) mass is 803 g/mol. The molecular weight excluding hydrogens is 767 g/mol. The lowest BCUT2D eigenvalue weighted by Crippen LogP contribution is -1.97. The highest BCUT2D eigenvalue weighted by Gasteiger charge is 2.20. The molecule has 0 amide bonds. The van der Waals surface area contributed by atoms with Crippen LogP contribution in [0.1, 0.15) is 0 Å². The highest BCUT2D eigenvalue weighted by atomic mass is 15.0. The average Bonchev–Trinajstić information content (AvgIpc) is 3.71. The second-order valence-corrected chi connectivity index (χ2v) is 15.8. The number of pyridine rings is 4. The number of fused-ring (bicyclic) bond motifs is 7. The van der Waals surface area contributed by atoms with Gasteiger partial charge in [0.2, 0.25) is 0 Å². The molecule has 0 spiro atoms. The summed E-state index contributed by atoms with van der Waals surface area (Å²) in [5.41, 5.74) is 16.2. The maximum Gasteiger partial charge on any atom is 0.0899 e. The Hall–Kier alpha value is -8.54. The summed E-state index contributed by atoms with van der Waals surface area (Å²) >= 11 is 0. The summed E-state index contributed by atoms with van der Waals surface area (Å²) in [5, 5.41) is 5.86. The summed E-state index contributed by atoms with van der Waals surface area (Å²) in [5.74, 6) is 0. The van der Waals surface area contributed by atoms with Crippen molar-refractivity contribution in [3.05, 3.63) is 225 Å². The first kappa shape index (κ1) is 36.3. The van der Waals surface area contributed by atoms with Crippen LogP contribution in [0.15, 0.2) is 225 Å². The first-order valence-corrected chi connectivity index (χ1v) is 21.2. The number of hydrogen-bond donors (Lipinski definition) is 0. The molecule has 0 fully saturated rings. The number of benzene rings is 7. The predicted molar refractivity (Wildman–Crippen MR) is 260 cm³/mol. The lowest BCUT2D eigenvalue weighted by molar-refractivity contribution is 1.19. The zero-order chi connectivity index (χ0) is 41.7. The molecule has 12 rings (SSSR count). The van der Waals surface area contributed by atoms with Crippen molar-refractivity contribution in [2.24, 2.45) is 0 Å². The molecular formula is C58H37N5. The van der Waals surface area contributed by atoms with E-state index < -0.39 is 0 Å². The Labute approximate surface area is 364 Å². The van der Waals surface area contributed by atoms with E-state index in [2.05, 4.69) is 198 Å². The quantitative estimate of drug-likeness (QED) is 0.151. The predicted octanol–water partition coefficient (Wildman–Crippen LogP) is 14.7.